The van der Waals surface area contributed by atoms with E-state index in [4.69, 9.17) is 0 Å². The minimum atomic E-state index is -8.66. The number of carbonyl (C=O) groups is 1. The molecule has 180 valence electrons. The van der Waals surface area contributed by atoms with E-state index in [0.717, 1.165) is 0 Å². The molecule has 0 aliphatic carbocycles. The van der Waals surface area contributed by atoms with Crippen molar-refractivity contribution < 1.29 is 79.4 Å². The van der Waals surface area contributed by atoms with Crippen molar-refractivity contribution in [3.63, 3.8) is 0 Å². The van der Waals surface area contributed by atoms with E-state index in [0.29, 0.717) is 0 Å². The molecule has 0 atom stereocenters. The smallest absolute Gasteiger partial charge is 0.281 e. The van der Waals surface area contributed by atoms with Crippen LogP contribution in [-0.2, 0) is 4.79 Å². The maximum absolute atomic E-state index is 13.3. The second-order valence-electron chi connectivity index (χ2n) is 5.50. The van der Waals surface area contributed by atoms with E-state index in [-0.39, 0.29) is 0 Å². The summed E-state index contributed by atoms with van der Waals surface area (Å²) in [5, 5.41) is -1.97. The fourth-order valence-electron chi connectivity index (χ4n) is 1.61. The van der Waals surface area contributed by atoms with E-state index in [2.05, 4.69) is 11.6 Å². The zero-order chi connectivity index (χ0) is 25.0. The van der Waals surface area contributed by atoms with E-state index in [1.165, 1.54) is 0 Å². The van der Waals surface area contributed by atoms with Crippen molar-refractivity contribution in [3.8, 4) is 0 Å². The average molecular weight is 511 g/mol. The first-order valence-corrected chi connectivity index (χ1v) is 6.94. The van der Waals surface area contributed by atoms with Gasteiger partial charge in [0.05, 0.1) is 0 Å². The van der Waals surface area contributed by atoms with E-state index in [9.17, 15) is 79.4 Å². The fraction of sp³-hybridized carbons (Fsp3) is 0.909. The Morgan fingerprint density at radius 1 is 0.500 bits per heavy atom. The van der Waals surface area contributed by atoms with Crippen LogP contribution in [0.2, 0.25) is 0 Å². The van der Waals surface area contributed by atoms with Gasteiger partial charge in [0.1, 0.15) is 0 Å². The van der Waals surface area contributed by atoms with Gasteiger partial charge in [-0.3, -0.25) is 4.79 Å². The van der Waals surface area contributed by atoms with Crippen LogP contribution in [0.4, 0.5) is 74.6 Å². The molecule has 0 radical (unpaired) electrons. The van der Waals surface area contributed by atoms with Crippen molar-refractivity contribution >= 4 is 16.8 Å². The quantitative estimate of drug-likeness (QED) is 0.254. The number of halogens is 18. The molecule has 0 aliphatic rings. The highest BCUT2D eigenvalue weighted by atomic mass is 35.5. The summed E-state index contributed by atoms with van der Waals surface area (Å²) in [6, 6.07) is 0. The molecule has 0 rings (SSSR count). The van der Waals surface area contributed by atoms with Gasteiger partial charge in [-0.1, -0.05) is 0 Å². The van der Waals surface area contributed by atoms with E-state index in [1.54, 1.807) is 0 Å². The molecule has 0 bridgehead atoms. The Balaban J connectivity index is 6.58. The van der Waals surface area contributed by atoms with Crippen LogP contribution in [-0.4, -0.2) is 52.9 Å². The standard InChI is InChI=1S/C11H4ClF17O/c12-3(30)1-2-4(13,14)5(15,16)6(17,18)7(19,20)8(21,22)9(23,24)10(25,26)11(27,28)29/h1-2H2. The summed E-state index contributed by atoms with van der Waals surface area (Å²) in [6.45, 7) is 0. The predicted molar refractivity (Wildman–Crippen MR) is 60.8 cm³/mol. The zero-order valence-electron chi connectivity index (χ0n) is 13.1. The Bertz CT molecular complexity index is 649. The molecular formula is C11H4ClF17O. The SMILES string of the molecule is O=C(Cl)CCC(F)(F)C(F)(F)C(F)(F)C(F)(F)C(F)(F)C(F)(F)C(F)(F)C(F)(F)F. The summed E-state index contributed by atoms with van der Waals surface area (Å²) < 4.78 is 218. The Labute approximate surface area is 158 Å². The predicted octanol–water partition coefficient (Wildman–Crippen LogP) is 6.54. The van der Waals surface area contributed by atoms with Crippen molar-refractivity contribution in [1.29, 1.82) is 0 Å². The second kappa shape index (κ2) is 7.43. The molecular weight excluding hydrogens is 507 g/mol. The minimum Gasteiger partial charge on any atom is -0.281 e. The summed E-state index contributed by atoms with van der Waals surface area (Å²) >= 11 is 4.40. The van der Waals surface area contributed by atoms with Crippen LogP contribution in [0.15, 0.2) is 0 Å². The molecule has 0 amide bonds. The normalized spacial score (nSPS) is 16.1. The van der Waals surface area contributed by atoms with Crippen LogP contribution in [0.5, 0.6) is 0 Å². The zero-order valence-corrected chi connectivity index (χ0v) is 13.9. The van der Waals surface area contributed by atoms with Gasteiger partial charge < -0.3 is 0 Å². The highest BCUT2D eigenvalue weighted by molar-refractivity contribution is 6.63. The monoisotopic (exact) mass is 510 g/mol. The first-order chi connectivity index (χ1) is 12.7. The highest BCUT2D eigenvalue weighted by Gasteiger charge is 2.95. The van der Waals surface area contributed by atoms with Crippen molar-refractivity contribution in [2.75, 3.05) is 0 Å². The largest absolute Gasteiger partial charge is 0.460 e. The van der Waals surface area contributed by atoms with Crippen molar-refractivity contribution in [2.45, 2.75) is 60.5 Å². The van der Waals surface area contributed by atoms with Crippen molar-refractivity contribution in [2.24, 2.45) is 0 Å². The third kappa shape index (κ3) is 3.87. The molecule has 0 fully saturated rings. The van der Waals surface area contributed by atoms with Gasteiger partial charge in [0, 0.05) is 12.8 Å². The summed E-state index contributed by atoms with van der Waals surface area (Å²) in [5.41, 5.74) is 0. The lowest BCUT2D eigenvalue weighted by molar-refractivity contribution is -0.461. The van der Waals surface area contributed by atoms with Crippen LogP contribution in [0.1, 0.15) is 12.8 Å². The first-order valence-electron chi connectivity index (χ1n) is 6.56. The first kappa shape index (κ1) is 28.8. The molecule has 0 saturated carbocycles. The van der Waals surface area contributed by atoms with Gasteiger partial charge in [-0.05, 0) is 11.6 Å². The summed E-state index contributed by atoms with van der Waals surface area (Å²) in [6.07, 6.45) is -12.6. The van der Waals surface area contributed by atoms with Crippen LogP contribution in [0, 0.1) is 0 Å². The minimum absolute atomic E-state index is 1.97. The molecule has 0 unspecified atom stereocenters. The van der Waals surface area contributed by atoms with Gasteiger partial charge in [0.15, 0.2) is 0 Å². The molecule has 0 spiro atoms. The second-order valence-corrected chi connectivity index (χ2v) is 5.93. The molecule has 0 heterocycles. The fourth-order valence-corrected chi connectivity index (χ4v) is 1.70. The van der Waals surface area contributed by atoms with Crippen LogP contribution >= 0.6 is 11.6 Å². The van der Waals surface area contributed by atoms with Crippen LogP contribution < -0.4 is 0 Å². The number of alkyl halides is 17. The lowest BCUT2D eigenvalue weighted by Gasteiger charge is -2.42. The summed E-state index contributed by atoms with van der Waals surface area (Å²) in [5.74, 6) is -56.7. The summed E-state index contributed by atoms with van der Waals surface area (Å²) in [7, 11) is 0. The Hall–Kier alpha value is -1.23. The van der Waals surface area contributed by atoms with Gasteiger partial charge >= 0.3 is 47.6 Å². The lowest BCUT2D eigenvalue weighted by Crippen LogP contribution is -2.74. The lowest BCUT2D eigenvalue weighted by atomic mass is 9.88. The Morgan fingerprint density at radius 3 is 1.03 bits per heavy atom. The maximum Gasteiger partial charge on any atom is 0.460 e. The molecule has 0 aliphatic heterocycles. The molecule has 0 aromatic carbocycles. The van der Waals surface area contributed by atoms with Gasteiger partial charge in [-0.2, -0.15) is 74.6 Å². The van der Waals surface area contributed by atoms with Crippen molar-refractivity contribution in [1.82, 2.24) is 0 Å². The molecule has 0 aromatic rings. The average Bonchev–Trinajstić information content (AvgIpc) is 2.50. The van der Waals surface area contributed by atoms with Gasteiger partial charge in [-0.25, -0.2) is 0 Å². The number of hydrogen-bond donors (Lipinski definition) is 0. The van der Waals surface area contributed by atoms with Crippen LogP contribution in [0.25, 0.3) is 0 Å². The van der Waals surface area contributed by atoms with E-state index < -0.39 is 65.7 Å². The molecule has 0 saturated heterocycles. The highest BCUT2D eigenvalue weighted by Crippen LogP contribution is 2.64. The molecule has 0 N–H and O–H groups in total. The van der Waals surface area contributed by atoms with Gasteiger partial charge in [-0.15, -0.1) is 0 Å². The van der Waals surface area contributed by atoms with Crippen molar-refractivity contribution in [3.05, 3.63) is 0 Å². The topological polar surface area (TPSA) is 17.1 Å². The molecule has 0 aromatic heterocycles. The third-order valence-corrected chi connectivity index (χ3v) is 3.61. The van der Waals surface area contributed by atoms with Gasteiger partial charge in [0.25, 0.3) is 0 Å². The van der Waals surface area contributed by atoms with E-state index >= 15 is 0 Å². The maximum atomic E-state index is 13.3. The number of hydrogen-bond acceptors (Lipinski definition) is 1. The Kier molecular flexibility index (Phi) is 7.12. The molecule has 19 heteroatoms. The number of carbonyl (C=O) groups excluding carboxylic acids is 1. The molecule has 1 nitrogen and oxygen atoms in total. The molecule has 30 heavy (non-hydrogen) atoms. The van der Waals surface area contributed by atoms with E-state index in [1.807, 2.05) is 0 Å². The third-order valence-electron chi connectivity index (χ3n) is 3.42. The Morgan fingerprint density at radius 2 is 0.767 bits per heavy atom. The number of rotatable bonds is 9. The van der Waals surface area contributed by atoms with Gasteiger partial charge in [0.2, 0.25) is 5.24 Å². The summed E-state index contributed by atoms with van der Waals surface area (Å²) in [4.78, 5) is 10.2. The van der Waals surface area contributed by atoms with Crippen LogP contribution in [0.3, 0.4) is 0 Å².